The van der Waals surface area contributed by atoms with Gasteiger partial charge in [-0.15, -0.1) is 0 Å². The fourth-order valence-corrected chi connectivity index (χ4v) is 0.354. The molecule has 1 atom stereocenters. The molecule has 0 saturated carbocycles. The van der Waals surface area contributed by atoms with Gasteiger partial charge in [0.1, 0.15) is 0 Å². The number of hydrogen-bond acceptors (Lipinski definition) is 2. The molecule has 84 valence electrons. The van der Waals surface area contributed by atoms with Crippen LogP contribution in [0, 0.1) is 0 Å². The maximum Gasteiger partial charge on any atom is 0.0115 e. The van der Waals surface area contributed by atoms with Crippen LogP contribution in [0.25, 0.3) is 0 Å². The molecule has 0 aliphatic carbocycles. The lowest BCUT2D eigenvalue weighted by Crippen LogP contribution is -1.98. The molecule has 0 aromatic heterocycles. The number of rotatable bonds is 3. The Kier molecular flexibility index (Phi) is 21.3. The number of unbranched alkanes of at least 4 members (excludes halogenated alkanes) is 2. The van der Waals surface area contributed by atoms with Crippen LogP contribution in [-0.4, -0.2) is 12.8 Å². The van der Waals surface area contributed by atoms with Crippen molar-refractivity contribution in [3.05, 3.63) is 0 Å². The van der Waals surface area contributed by atoms with Crippen LogP contribution in [0.5, 0.6) is 0 Å². The van der Waals surface area contributed by atoms with E-state index in [1.165, 1.54) is 25.9 Å². The smallest absolute Gasteiger partial charge is 0.0115 e. The molecule has 13 heavy (non-hydrogen) atoms. The Bertz CT molecular complexity index is 105. The molecule has 0 aromatic carbocycles. The monoisotopic (exact) mass is 209 g/mol. The molecule has 0 aliphatic rings. The van der Waals surface area contributed by atoms with E-state index >= 15 is 0 Å². The first-order valence-electron chi connectivity index (χ1n) is 5.25. The minimum atomic E-state index is -2.90. The van der Waals surface area contributed by atoms with Crippen LogP contribution in [0.4, 0.5) is 0 Å². The topological polar surface area (TPSA) is 40.1 Å². The molecule has 2 nitrogen and oxygen atoms in total. The van der Waals surface area contributed by atoms with Gasteiger partial charge in [-0.05, 0) is 12.8 Å². The predicted molar refractivity (Wildman–Crippen MR) is 60.6 cm³/mol. The minimum Gasteiger partial charge on any atom is -0.799 e. The molecule has 0 aliphatic heterocycles. The summed E-state index contributed by atoms with van der Waals surface area (Å²) >= 11 is 0. The standard InChI is InChI=1S/C5H12.C3H9O2P.C2H6/c1-3-5-4-2;1-3-6(2,4)5;1-2/h3-5H2,1-2H3;3H2,1-2H3,(H,4,5);1-2H3/p-1. The fraction of sp³-hybridized carbons (Fsp3) is 1.00. The van der Waals surface area contributed by atoms with Crippen LogP contribution in [0.1, 0.15) is 53.9 Å². The van der Waals surface area contributed by atoms with Crippen LogP contribution in [0.15, 0.2) is 0 Å². The van der Waals surface area contributed by atoms with Gasteiger partial charge < -0.3 is 9.46 Å². The lowest BCUT2D eigenvalue weighted by molar-refractivity contribution is -0.173. The molecule has 0 amide bonds. The maximum atomic E-state index is 10.0. The van der Waals surface area contributed by atoms with Crippen LogP contribution < -0.4 is 4.89 Å². The molecule has 0 heterocycles. The lowest BCUT2D eigenvalue weighted by atomic mass is 10.3. The molecule has 0 aromatic rings. The summed E-state index contributed by atoms with van der Waals surface area (Å²) in [4.78, 5) is 10.0. The normalized spacial score (nSPS) is 12.8. The summed E-state index contributed by atoms with van der Waals surface area (Å²) in [6, 6.07) is 0. The summed E-state index contributed by atoms with van der Waals surface area (Å²) in [6.45, 7) is 11.3. The van der Waals surface area contributed by atoms with Crippen LogP contribution in [-0.2, 0) is 4.57 Å². The number of hydrogen-bond donors (Lipinski definition) is 0. The lowest BCUT2D eigenvalue weighted by Gasteiger charge is -2.12. The zero-order valence-electron chi connectivity index (χ0n) is 10.1. The van der Waals surface area contributed by atoms with Crippen molar-refractivity contribution < 1.29 is 9.46 Å². The second-order valence-electron chi connectivity index (χ2n) is 2.68. The van der Waals surface area contributed by atoms with E-state index in [0.717, 1.165) is 0 Å². The Morgan fingerprint density at radius 2 is 1.31 bits per heavy atom. The van der Waals surface area contributed by atoms with Crippen molar-refractivity contribution in [2.45, 2.75) is 53.9 Å². The molecule has 0 bridgehead atoms. The van der Waals surface area contributed by atoms with Crippen molar-refractivity contribution >= 4 is 7.37 Å². The van der Waals surface area contributed by atoms with E-state index in [1.54, 1.807) is 6.92 Å². The zero-order valence-corrected chi connectivity index (χ0v) is 11.0. The molecular formula is C10H26O2P-. The van der Waals surface area contributed by atoms with Gasteiger partial charge in [-0.1, -0.05) is 53.9 Å². The van der Waals surface area contributed by atoms with E-state index in [2.05, 4.69) is 13.8 Å². The van der Waals surface area contributed by atoms with Gasteiger partial charge in [0.05, 0.1) is 0 Å². The molecule has 3 heteroatoms. The van der Waals surface area contributed by atoms with Gasteiger partial charge in [0, 0.05) is 7.37 Å². The highest BCUT2D eigenvalue weighted by Crippen LogP contribution is 2.27. The van der Waals surface area contributed by atoms with Crippen LogP contribution >= 0.6 is 7.37 Å². The summed E-state index contributed by atoms with van der Waals surface area (Å²) in [5, 5.41) is 0. The van der Waals surface area contributed by atoms with Gasteiger partial charge >= 0.3 is 0 Å². The fourth-order valence-electron chi connectivity index (χ4n) is 0.354. The second-order valence-corrected chi connectivity index (χ2v) is 5.34. The van der Waals surface area contributed by atoms with Gasteiger partial charge in [0.2, 0.25) is 0 Å². The average Bonchev–Trinajstić information content (AvgIpc) is 2.09. The van der Waals surface area contributed by atoms with Gasteiger partial charge in [-0.25, -0.2) is 0 Å². The molecule has 0 saturated heterocycles. The minimum absolute atomic E-state index is 0.271. The predicted octanol–water partition coefficient (Wildman–Crippen LogP) is 3.50. The summed E-state index contributed by atoms with van der Waals surface area (Å²) < 4.78 is 10.0. The first kappa shape index (κ1) is 18.9. The van der Waals surface area contributed by atoms with Crippen molar-refractivity contribution in [3.63, 3.8) is 0 Å². The second kappa shape index (κ2) is 14.7. The SMILES string of the molecule is CC.CCCCC.CCP(C)(=O)[O-]. The maximum absolute atomic E-state index is 10.0. The Hall–Kier alpha value is 0.190. The quantitative estimate of drug-likeness (QED) is 0.667. The molecule has 0 rings (SSSR count). The van der Waals surface area contributed by atoms with Crippen molar-refractivity contribution in [1.29, 1.82) is 0 Å². The van der Waals surface area contributed by atoms with Crippen molar-refractivity contribution in [2.75, 3.05) is 12.8 Å². The highest BCUT2D eigenvalue weighted by atomic mass is 31.2. The van der Waals surface area contributed by atoms with E-state index in [4.69, 9.17) is 0 Å². The van der Waals surface area contributed by atoms with E-state index in [0.29, 0.717) is 0 Å². The third-order valence-electron chi connectivity index (χ3n) is 1.28. The van der Waals surface area contributed by atoms with Gasteiger partial charge in [0.15, 0.2) is 0 Å². The molecule has 0 spiro atoms. The summed E-state index contributed by atoms with van der Waals surface area (Å²) in [5.74, 6) is 0. The van der Waals surface area contributed by atoms with E-state index in [1.807, 2.05) is 13.8 Å². The van der Waals surface area contributed by atoms with E-state index in [9.17, 15) is 9.46 Å². The highest BCUT2D eigenvalue weighted by Gasteiger charge is 1.87. The third kappa shape index (κ3) is 47.0. The van der Waals surface area contributed by atoms with E-state index < -0.39 is 7.37 Å². The molecule has 0 radical (unpaired) electrons. The molecule has 0 fully saturated rings. The van der Waals surface area contributed by atoms with Gasteiger partial charge in [-0.2, -0.15) is 0 Å². The van der Waals surface area contributed by atoms with Gasteiger partial charge in [-0.3, -0.25) is 0 Å². The Labute approximate surface area is 84.2 Å². The molecule has 0 N–H and O–H groups in total. The molecular weight excluding hydrogens is 183 g/mol. The molecule has 1 unspecified atom stereocenters. The Morgan fingerprint density at radius 3 is 1.31 bits per heavy atom. The Balaban J connectivity index is -0.000000131. The summed E-state index contributed by atoms with van der Waals surface area (Å²) in [6.07, 6.45) is 4.35. The highest BCUT2D eigenvalue weighted by molar-refractivity contribution is 7.55. The third-order valence-corrected chi connectivity index (χ3v) is 2.43. The first-order chi connectivity index (χ1) is 5.97. The zero-order chi connectivity index (χ0) is 11.3. The van der Waals surface area contributed by atoms with E-state index in [-0.39, 0.29) is 6.16 Å². The first-order valence-corrected chi connectivity index (χ1v) is 7.51. The van der Waals surface area contributed by atoms with Crippen molar-refractivity contribution in [3.8, 4) is 0 Å². The van der Waals surface area contributed by atoms with Crippen LogP contribution in [0.2, 0.25) is 0 Å². The average molecular weight is 209 g/mol. The van der Waals surface area contributed by atoms with Crippen molar-refractivity contribution in [2.24, 2.45) is 0 Å². The van der Waals surface area contributed by atoms with Crippen molar-refractivity contribution in [1.82, 2.24) is 0 Å². The van der Waals surface area contributed by atoms with Gasteiger partial charge in [0.25, 0.3) is 0 Å². The van der Waals surface area contributed by atoms with Crippen LogP contribution in [0.3, 0.4) is 0 Å². The summed E-state index contributed by atoms with van der Waals surface area (Å²) in [7, 11) is -2.90. The summed E-state index contributed by atoms with van der Waals surface area (Å²) in [5.41, 5.74) is 0. The largest absolute Gasteiger partial charge is 0.799 e. The Morgan fingerprint density at radius 1 is 1.08 bits per heavy atom.